The number of carboxylic acid groups (broad SMARTS) is 4. The average molecular weight is 1920 g/mol. The predicted molar refractivity (Wildman–Crippen MR) is 512 cm³/mol. The van der Waals surface area contributed by atoms with Crippen LogP contribution in [0.15, 0.2) is 72.8 Å². The monoisotopic (exact) mass is 1920 g/mol. The molecule has 29 heteroatoms. The Morgan fingerprint density at radius 3 is 0.861 bits per heavy atom. The first kappa shape index (κ1) is 112. The zero-order chi connectivity index (χ0) is 99.0. The van der Waals surface area contributed by atoms with E-state index in [0.29, 0.717) is 96.4 Å². The number of aliphatic hydroxyl groups is 6. The Morgan fingerprint density at radius 1 is 0.343 bits per heavy atom. The highest BCUT2D eigenvalue weighted by Gasteiger charge is 2.50. The number of aliphatic hydroxyl groups excluding tert-OH is 6. The van der Waals surface area contributed by atoms with Gasteiger partial charge in [-0.15, -0.1) is 0 Å². The maximum absolute atomic E-state index is 12.3. The van der Waals surface area contributed by atoms with Crippen LogP contribution in [-0.2, 0) is 123 Å². The van der Waals surface area contributed by atoms with Crippen molar-refractivity contribution in [3.63, 3.8) is 0 Å². The summed E-state index contributed by atoms with van der Waals surface area (Å²) in [6, 6.07) is 23.3. The van der Waals surface area contributed by atoms with Gasteiger partial charge in [0.25, 0.3) is 0 Å². The summed E-state index contributed by atoms with van der Waals surface area (Å²) in [6.07, 6.45) is 28.3. The number of carboxylic acids is 4. The summed E-state index contributed by atoms with van der Waals surface area (Å²) in [5.41, 5.74) is 9.01. The molecule has 766 valence electrons. The molecule has 137 heavy (non-hydrogen) atoms. The van der Waals surface area contributed by atoms with Gasteiger partial charge in [0.2, 0.25) is 0 Å². The van der Waals surface area contributed by atoms with Gasteiger partial charge in [0, 0.05) is 7.11 Å². The molecule has 21 atom stereocenters. The first-order valence-electron chi connectivity index (χ1n) is 51.2. The molecule has 8 aliphatic rings. The zero-order valence-corrected chi connectivity index (χ0v) is 82.4. The molecule has 12 rings (SSSR count). The quantitative estimate of drug-likeness (QED) is 0.0111. The van der Waals surface area contributed by atoms with Gasteiger partial charge in [-0.25, -0.2) is 33.6 Å². The normalized spacial score (nSPS) is 24.4. The van der Waals surface area contributed by atoms with Gasteiger partial charge in [-0.1, -0.05) is 141 Å². The van der Waals surface area contributed by atoms with Gasteiger partial charge in [0.1, 0.15) is 66.7 Å². The number of ether oxygens (including phenoxy) is 11. The Morgan fingerprint density at radius 2 is 0.613 bits per heavy atom. The molecule has 0 spiro atoms. The molecule has 8 aliphatic carbocycles. The number of methoxy groups -OCH3 is 1. The van der Waals surface area contributed by atoms with E-state index in [4.69, 9.17) is 77.6 Å². The van der Waals surface area contributed by atoms with E-state index in [0.717, 1.165) is 241 Å². The fraction of sp³-hybridized carbons (Fsp3) is 0.704. The molecule has 4 fully saturated rings. The van der Waals surface area contributed by atoms with Crippen molar-refractivity contribution in [2.75, 3.05) is 73.2 Å². The van der Waals surface area contributed by atoms with Crippen molar-refractivity contribution >= 4 is 47.8 Å². The third kappa shape index (κ3) is 35.3. The molecule has 0 radical (unpaired) electrons. The molecule has 29 nitrogen and oxygen atoms in total. The summed E-state index contributed by atoms with van der Waals surface area (Å²) in [7, 11) is 1.59. The SMILES string of the molecule is CCCCC[C@@H](CC[C@@H]1[C@H]2Cc3cccc(OCC(=O)O)c3C[C@H]2C[C@H]1O)OC(=O)C(C)C.CCCCC[C@@H](CC[C@@H]1[C@H]2Cc3cccc(OCC(=O)O)c3C[C@H]2C[C@H]1O)OC(=O)COCCO.CCCCC[C@@H](CC[C@@H]1[C@H]2Cc3cccc(OCC(=O)O)c3C[C@H]2C[C@H]1O)OC(=O)COCCOC.CCCCC[C@@H](CC[C@@H]1[C@H]2Cc3cccc(OCC(=O)O)c3C[C@H]2C[C@H]1O)OC(=O)[C@@H](C)O. The van der Waals surface area contributed by atoms with E-state index in [1.807, 2.05) is 62.4 Å². The summed E-state index contributed by atoms with van der Waals surface area (Å²) in [4.78, 5) is 92.5. The van der Waals surface area contributed by atoms with Crippen LogP contribution in [0.25, 0.3) is 0 Å². The zero-order valence-electron chi connectivity index (χ0n) is 82.4. The van der Waals surface area contributed by atoms with Crippen molar-refractivity contribution in [1.29, 1.82) is 0 Å². The third-order valence-corrected chi connectivity index (χ3v) is 29.7. The number of carbonyl (C=O) groups is 8. The molecule has 4 aromatic rings. The fourth-order valence-corrected chi connectivity index (χ4v) is 22.9. The lowest BCUT2D eigenvalue weighted by Gasteiger charge is -2.33. The van der Waals surface area contributed by atoms with Gasteiger partial charge in [-0.3, -0.25) is 4.79 Å². The first-order chi connectivity index (χ1) is 65.9. The topological polar surface area (TPSA) is 440 Å². The summed E-state index contributed by atoms with van der Waals surface area (Å²) in [6.45, 7) is 12.8. The van der Waals surface area contributed by atoms with E-state index in [9.17, 15) is 63.9 Å². The fourth-order valence-electron chi connectivity index (χ4n) is 22.9. The Labute approximate surface area is 810 Å². The Kier molecular flexibility index (Phi) is 48.0. The van der Waals surface area contributed by atoms with Crippen molar-refractivity contribution in [3.05, 3.63) is 117 Å². The largest absolute Gasteiger partial charge is 0.482 e. The molecule has 0 unspecified atom stereocenters. The molecule has 0 aromatic heterocycles. The van der Waals surface area contributed by atoms with E-state index in [2.05, 4.69) is 52.0 Å². The van der Waals surface area contributed by atoms with Gasteiger partial charge in [-0.2, -0.15) is 0 Å². The smallest absolute Gasteiger partial charge is 0.341 e. The van der Waals surface area contributed by atoms with Crippen LogP contribution < -0.4 is 18.9 Å². The number of esters is 4. The number of aliphatic carboxylic acids is 4. The Bertz CT molecular complexity index is 4220. The molecule has 10 N–H and O–H groups in total. The van der Waals surface area contributed by atoms with Crippen molar-refractivity contribution in [1.82, 2.24) is 0 Å². The molecule has 0 aliphatic heterocycles. The lowest BCUT2D eigenvalue weighted by Crippen LogP contribution is -2.30. The van der Waals surface area contributed by atoms with Gasteiger partial charge < -0.3 is 103 Å². The van der Waals surface area contributed by atoms with E-state index < -0.39 is 54.1 Å². The lowest BCUT2D eigenvalue weighted by atomic mass is 9.73. The second-order valence-corrected chi connectivity index (χ2v) is 39.8. The second-order valence-electron chi connectivity index (χ2n) is 39.8. The van der Waals surface area contributed by atoms with Crippen LogP contribution >= 0.6 is 0 Å². The van der Waals surface area contributed by atoms with Crippen LogP contribution in [0.5, 0.6) is 23.0 Å². The molecular weight excluding hydrogens is 1760 g/mol. The van der Waals surface area contributed by atoms with Crippen molar-refractivity contribution in [2.45, 2.75) is 335 Å². The molecular formula is C108H160O29. The van der Waals surface area contributed by atoms with Crippen molar-refractivity contribution < 1.29 is 142 Å². The minimum atomic E-state index is -1.13. The predicted octanol–water partition coefficient (Wildman–Crippen LogP) is 15.2. The maximum atomic E-state index is 12.3. The van der Waals surface area contributed by atoms with Crippen LogP contribution in [0.1, 0.15) is 273 Å². The van der Waals surface area contributed by atoms with Crippen LogP contribution in [-0.4, -0.2) is 227 Å². The van der Waals surface area contributed by atoms with Crippen LogP contribution in [0, 0.1) is 76.9 Å². The number of fused-ring (bicyclic) bond motifs is 8. The van der Waals surface area contributed by atoms with Gasteiger partial charge in [0.15, 0.2) is 26.4 Å². The summed E-state index contributed by atoms with van der Waals surface area (Å²) >= 11 is 0. The number of unbranched alkanes of at least 4 members (excludes halogenated alkanes) is 8. The third-order valence-electron chi connectivity index (χ3n) is 29.7. The summed E-state index contributed by atoms with van der Waals surface area (Å²) in [5.74, 6) is 0.354. The van der Waals surface area contributed by atoms with Crippen molar-refractivity contribution in [2.24, 2.45) is 76.9 Å². The molecule has 0 bridgehead atoms. The molecule has 0 heterocycles. The van der Waals surface area contributed by atoms with Gasteiger partial charge >= 0.3 is 47.8 Å². The van der Waals surface area contributed by atoms with Crippen molar-refractivity contribution in [3.8, 4) is 23.0 Å². The second kappa shape index (κ2) is 58.6. The van der Waals surface area contributed by atoms with E-state index in [-0.39, 0.29) is 131 Å². The van der Waals surface area contributed by atoms with Crippen LogP contribution in [0.2, 0.25) is 0 Å². The number of carbonyl (C=O) groups excluding carboxylic acids is 4. The highest BCUT2D eigenvalue weighted by Crippen LogP contribution is 2.54. The Balaban J connectivity index is 0.000000205. The number of benzene rings is 4. The number of hydrogen-bond donors (Lipinski definition) is 10. The maximum Gasteiger partial charge on any atom is 0.341 e. The minimum absolute atomic E-state index is 0.0759. The summed E-state index contributed by atoms with van der Waals surface area (Å²) in [5, 5.41) is 98.0. The number of hydrogen-bond acceptors (Lipinski definition) is 25. The molecule has 0 saturated heterocycles. The minimum Gasteiger partial charge on any atom is -0.482 e. The highest BCUT2D eigenvalue weighted by molar-refractivity contribution is 5.74. The number of rotatable bonds is 55. The molecule has 4 saturated carbocycles. The van der Waals surface area contributed by atoms with Gasteiger partial charge in [0.05, 0.1) is 56.8 Å². The Hall–Kier alpha value is -8.52. The average Bonchev–Trinajstić information content (AvgIpc) is 1.65. The highest BCUT2D eigenvalue weighted by atomic mass is 16.6. The lowest BCUT2D eigenvalue weighted by molar-refractivity contribution is -0.159. The van der Waals surface area contributed by atoms with Gasteiger partial charge in [-0.05, 0) is 326 Å². The molecule has 4 aromatic carbocycles. The molecule has 0 amide bonds. The summed E-state index contributed by atoms with van der Waals surface area (Å²) < 4.78 is 60.4. The van der Waals surface area contributed by atoms with E-state index in [1.165, 1.54) is 29.2 Å². The van der Waals surface area contributed by atoms with Crippen LogP contribution in [0.4, 0.5) is 0 Å². The van der Waals surface area contributed by atoms with Crippen LogP contribution in [0.3, 0.4) is 0 Å². The standard InChI is InChI=1S/C28H42O8.C27H40O8.C27H40O6.C26H38O7/c1-3-4-5-8-21(36-28(32)18-34-13-12-33-2)10-11-22-23-14-19-7-6-9-26(35-17-27(30)31)24(19)15-20(23)16-25(22)29;1-2-3-4-7-20(35-27(32)17-33-12-11-28)9-10-21-22-13-18-6-5-8-25(34-16-26(30)31)23(18)14-19(22)15-24(21)29;1-4-5-6-9-20(33-27(31)17(2)3)11-12-21-22-13-18-8-7-10-25(32-16-26(29)30)23(18)14-19(22)15-24(21)28;1-3-4-5-8-19(33-26(31)16(2)27)10-11-20-21-12-17-7-6-9-24(32-15-25(29)30)22(17)13-18(21)14-23(20)28/h6-7,9,20-23,25,29H,3-5,8,10-18H2,1-2H3,(H,30,31);5-6,8,19-22,24,28-29H,2-4,7,9-17H2,1H3,(H,30,31);7-8,10,17,19-22,24,28H,4-6,9,11-16H2,1-3H3,(H,29,30);6-7,9,16,18-21,23,27-28H,3-5,8,10-15H2,1-2H3,(H,29,30)/t20-,21-,22+,23-,25+;2*19-,20-,21+,22-,24+;16-,18+,19+,20-,21+,23-/m0001/s1. The van der Waals surface area contributed by atoms with E-state index in [1.54, 1.807) is 7.11 Å². The van der Waals surface area contributed by atoms with E-state index >= 15 is 0 Å². The first-order valence-corrected chi connectivity index (χ1v) is 51.2.